The van der Waals surface area contributed by atoms with Crippen molar-refractivity contribution in [2.45, 2.75) is 6.42 Å². The molecule has 1 saturated heterocycles. The van der Waals surface area contributed by atoms with E-state index in [-0.39, 0.29) is 24.0 Å². The van der Waals surface area contributed by atoms with Crippen molar-refractivity contribution in [1.82, 2.24) is 15.2 Å². The third kappa shape index (κ3) is 5.60. The quantitative estimate of drug-likeness (QED) is 0.339. The Morgan fingerprint density at radius 3 is 2.68 bits per heavy atom. The molecule has 1 aliphatic heterocycles. The highest BCUT2D eigenvalue weighted by Crippen LogP contribution is 2.12. The Bertz CT molecular complexity index is 435. The number of pyridine rings is 1. The van der Waals surface area contributed by atoms with Crippen LogP contribution in [0.15, 0.2) is 29.4 Å². The molecule has 124 valence electrons. The smallest absolute Gasteiger partial charge is 0.193 e. The van der Waals surface area contributed by atoms with Crippen molar-refractivity contribution >= 4 is 35.8 Å². The first-order valence-corrected chi connectivity index (χ1v) is 7.45. The molecular weight excluding hydrogens is 393 g/mol. The van der Waals surface area contributed by atoms with Crippen molar-refractivity contribution in [1.29, 1.82) is 0 Å². The van der Waals surface area contributed by atoms with E-state index in [1.165, 1.54) is 0 Å². The number of methoxy groups -OCH3 is 1. The van der Waals surface area contributed by atoms with Crippen molar-refractivity contribution in [3.63, 3.8) is 0 Å². The third-order valence-corrected chi connectivity index (χ3v) is 3.57. The Balaban J connectivity index is 0.00000242. The lowest BCUT2D eigenvalue weighted by Gasteiger charge is -2.37. The summed E-state index contributed by atoms with van der Waals surface area (Å²) in [5.74, 6) is 2.03. The molecule has 1 aromatic rings. The number of rotatable bonds is 5. The number of halogens is 1. The van der Waals surface area contributed by atoms with E-state index in [2.05, 4.69) is 31.2 Å². The normalized spacial score (nSPS) is 15.5. The molecule has 0 amide bonds. The number of hydrogen-bond acceptors (Lipinski definition) is 4. The molecule has 6 nitrogen and oxygen atoms in total. The van der Waals surface area contributed by atoms with Crippen LogP contribution < -0.4 is 10.2 Å². The molecule has 0 saturated carbocycles. The Hall–Kier alpha value is -1.09. The fourth-order valence-electron chi connectivity index (χ4n) is 2.44. The fourth-order valence-corrected chi connectivity index (χ4v) is 2.44. The fraction of sp³-hybridized carbons (Fsp3) is 0.600. The van der Waals surface area contributed by atoms with Crippen LogP contribution in [0.2, 0.25) is 0 Å². The lowest BCUT2D eigenvalue weighted by Crippen LogP contribution is -2.52. The van der Waals surface area contributed by atoms with Crippen molar-refractivity contribution in [3.8, 4) is 0 Å². The van der Waals surface area contributed by atoms with Crippen LogP contribution in [-0.4, -0.2) is 69.3 Å². The zero-order valence-corrected chi connectivity index (χ0v) is 15.7. The standard InChI is InChI=1S/C15H25N5O.HI/c1-16-15(18-8-5-13-21-2)20-11-9-19(10-12-20)14-6-3-4-7-17-14;/h3-4,6-7H,5,8-13H2,1-2H3,(H,16,18);1H. The number of nitrogens with zero attached hydrogens (tertiary/aromatic N) is 4. The van der Waals surface area contributed by atoms with Gasteiger partial charge in [-0.2, -0.15) is 0 Å². The zero-order valence-electron chi connectivity index (χ0n) is 13.4. The summed E-state index contributed by atoms with van der Waals surface area (Å²) in [6.07, 6.45) is 2.83. The van der Waals surface area contributed by atoms with E-state index in [4.69, 9.17) is 4.74 Å². The largest absolute Gasteiger partial charge is 0.385 e. The Kier molecular flexibility index (Phi) is 9.14. The van der Waals surface area contributed by atoms with E-state index >= 15 is 0 Å². The molecule has 0 atom stereocenters. The number of piperazine rings is 1. The average molecular weight is 419 g/mol. The highest BCUT2D eigenvalue weighted by Gasteiger charge is 2.19. The van der Waals surface area contributed by atoms with Crippen LogP contribution in [0.3, 0.4) is 0 Å². The predicted molar refractivity (Wildman–Crippen MR) is 101 cm³/mol. The topological polar surface area (TPSA) is 53.0 Å². The van der Waals surface area contributed by atoms with Gasteiger partial charge in [0, 0.05) is 59.7 Å². The molecule has 0 aliphatic carbocycles. The summed E-state index contributed by atoms with van der Waals surface area (Å²) in [5.41, 5.74) is 0. The molecule has 2 heterocycles. The number of anilines is 1. The molecule has 0 radical (unpaired) electrons. The van der Waals surface area contributed by atoms with Crippen molar-refractivity contribution in [2.75, 3.05) is 58.4 Å². The minimum atomic E-state index is 0. The third-order valence-electron chi connectivity index (χ3n) is 3.57. The van der Waals surface area contributed by atoms with Crippen LogP contribution in [0.1, 0.15) is 6.42 Å². The number of ether oxygens (including phenoxy) is 1. The summed E-state index contributed by atoms with van der Waals surface area (Å²) in [6, 6.07) is 6.05. The van der Waals surface area contributed by atoms with Crippen molar-refractivity contribution in [3.05, 3.63) is 24.4 Å². The van der Waals surface area contributed by atoms with Gasteiger partial charge in [-0.25, -0.2) is 4.98 Å². The van der Waals surface area contributed by atoms with Gasteiger partial charge in [-0.15, -0.1) is 24.0 Å². The molecule has 0 aromatic carbocycles. The number of hydrogen-bond donors (Lipinski definition) is 1. The van der Waals surface area contributed by atoms with Gasteiger partial charge in [0.1, 0.15) is 5.82 Å². The highest BCUT2D eigenvalue weighted by molar-refractivity contribution is 14.0. The highest BCUT2D eigenvalue weighted by atomic mass is 127. The molecule has 0 spiro atoms. The molecule has 1 aromatic heterocycles. The van der Waals surface area contributed by atoms with Gasteiger partial charge in [0.15, 0.2) is 5.96 Å². The summed E-state index contributed by atoms with van der Waals surface area (Å²) in [6.45, 7) is 5.52. The maximum atomic E-state index is 5.06. The van der Waals surface area contributed by atoms with Gasteiger partial charge in [-0.05, 0) is 18.6 Å². The molecule has 1 N–H and O–H groups in total. The van der Waals surface area contributed by atoms with Crippen LogP contribution in [0.4, 0.5) is 5.82 Å². The maximum absolute atomic E-state index is 5.06. The van der Waals surface area contributed by atoms with Crippen LogP contribution in [-0.2, 0) is 4.74 Å². The molecule has 7 heteroatoms. The second-order valence-corrected chi connectivity index (χ2v) is 4.98. The molecule has 2 rings (SSSR count). The van der Waals surface area contributed by atoms with Crippen LogP contribution in [0.5, 0.6) is 0 Å². The minimum absolute atomic E-state index is 0. The first-order chi connectivity index (χ1) is 10.3. The summed E-state index contributed by atoms with van der Waals surface area (Å²) in [7, 11) is 3.56. The average Bonchev–Trinajstić information content (AvgIpc) is 2.56. The second kappa shape index (κ2) is 10.6. The monoisotopic (exact) mass is 419 g/mol. The summed E-state index contributed by atoms with van der Waals surface area (Å²) >= 11 is 0. The maximum Gasteiger partial charge on any atom is 0.193 e. The zero-order chi connectivity index (χ0) is 14.9. The van der Waals surface area contributed by atoms with E-state index in [9.17, 15) is 0 Å². The van der Waals surface area contributed by atoms with Crippen molar-refractivity contribution in [2.24, 2.45) is 4.99 Å². The van der Waals surface area contributed by atoms with Gasteiger partial charge >= 0.3 is 0 Å². The lowest BCUT2D eigenvalue weighted by molar-refractivity contribution is 0.195. The number of guanidine groups is 1. The lowest BCUT2D eigenvalue weighted by atomic mass is 10.3. The SMILES string of the molecule is CN=C(NCCCOC)N1CCN(c2ccccn2)CC1.I. The van der Waals surface area contributed by atoms with Crippen LogP contribution in [0.25, 0.3) is 0 Å². The van der Waals surface area contributed by atoms with E-state index in [1.54, 1.807) is 7.11 Å². The van der Waals surface area contributed by atoms with E-state index in [0.29, 0.717) is 0 Å². The number of nitrogens with one attached hydrogen (secondary N) is 1. The molecular formula is C15H26IN5O. The van der Waals surface area contributed by atoms with E-state index in [0.717, 1.165) is 57.5 Å². The first-order valence-electron chi connectivity index (χ1n) is 7.45. The van der Waals surface area contributed by atoms with Gasteiger partial charge in [0.25, 0.3) is 0 Å². The van der Waals surface area contributed by atoms with Crippen molar-refractivity contribution < 1.29 is 4.74 Å². The Labute approximate surface area is 150 Å². The summed E-state index contributed by atoms with van der Waals surface area (Å²) in [5, 5.41) is 3.39. The Morgan fingerprint density at radius 1 is 1.32 bits per heavy atom. The van der Waals surface area contributed by atoms with Gasteiger partial charge in [0.05, 0.1) is 0 Å². The summed E-state index contributed by atoms with van der Waals surface area (Å²) in [4.78, 5) is 13.4. The number of aliphatic imine (C=N–C) groups is 1. The second-order valence-electron chi connectivity index (χ2n) is 4.98. The van der Waals surface area contributed by atoms with E-state index < -0.39 is 0 Å². The molecule has 1 aliphatic rings. The van der Waals surface area contributed by atoms with Crippen LogP contribution in [0, 0.1) is 0 Å². The minimum Gasteiger partial charge on any atom is -0.385 e. The molecule has 0 unspecified atom stereocenters. The Morgan fingerprint density at radius 2 is 2.09 bits per heavy atom. The predicted octanol–water partition coefficient (Wildman–Crippen LogP) is 1.43. The van der Waals surface area contributed by atoms with Gasteiger partial charge < -0.3 is 19.9 Å². The molecule has 22 heavy (non-hydrogen) atoms. The van der Waals surface area contributed by atoms with Gasteiger partial charge in [-0.1, -0.05) is 6.07 Å². The van der Waals surface area contributed by atoms with Crippen LogP contribution >= 0.6 is 24.0 Å². The summed E-state index contributed by atoms with van der Waals surface area (Å²) < 4.78 is 5.06. The number of aromatic nitrogens is 1. The van der Waals surface area contributed by atoms with Gasteiger partial charge in [-0.3, -0.25) is 4.99 Å². The van der Waals surface area contributed by atoms with E-state index in [1.807, 2.05) is 25.4 Å². The van der Waals surface area contributed by atoms with Gasteiger partial charge in [0.2, 0.25) is 0 Å². The molecule has 1 fully saturated rings. The first kappa shape index (κ1) is 19.0. The molecule has 0 bridgehead atoms.